The number of nitrogens with one attached hydrogen (secondary N) is 1. The summed E-state index contributed by atoms with van der Waals surface area (Å²) in [6.07, 6.45) is 1.50. The molecule has 2 N–H and O–H groups in total. The molecule has 2 amide bonds. The number of aryl methyl sites for hydroxylation is 1. The van der Waals surface area contributed by atoms with Crippen LogP contribution in [0.5, 0.6) is 0 Å². The van der Waals surface area contributed by atoms with Crippen LogP contribution in [-0.4, -0.2) is 34.3 Å². The number of aliphatic carboxylic acids is 1. The molecule has 2 atom stereocenters. The zero-order valence-electron chi connectivity index (χ0n) is 14.6. The summed E-state index contributed by atoms with van der Waals surface area (Å²) in [5, 5.41) is 11.9. The van der Waals surface area contributed by atoms with Gasteiger partial charge in [0.15, 0.2) is 6.04 Å². The topological polar surface area (TPSA) is 99.9 Å². The minimum atomic E-state index is -1.31. The second-order valence-corrected chi connectivity index (χ2v) is 6.54. The molecule has 0 aliphatic carbocycles. The van der Waals surface area contributed by atoms with Crippen LogP contribution in [0.1, 0.15) is 29.3 Å². The summed E-state index contributed by atoms with van der Waals surface area (Å²) < 4.78 is 18.6. The van der Waals surface area contributed by atoms with Crippen LogP contribution < -0.4 is 5.32 Å². The van der Waals surface area contributed by atoms with E-state index < -0.39 is 29.7 Å². The lowest BCUT2D eigenvalue weighted by Gasteiger charge is -2.19. The van der Waals surface area contributed by atoms with Gasteiger partial charge >= 0.3 is 5.97 Å². The van der Waals surface area contributed by atoms with Crippen LogP contribution >= 0.6 is 0 Å². The van der Waals surface area contributed by atoms with Gasteiger partial charge in [0, 0.05) is 13.0 Å². The highest BCUT2D eigenvalue weighted by Gasteiger charge is 2.36. The molecule has 8 heteroatoms. The van der Waals surface area contributed by atoms with E-state index in [4.69, 9.17) is 4.42 Å². The number of benzene rings is 1. The van der Waals surface area contributed by atoms with Crippen molar-refractivity contribution in [1.82, 2.24) is 10.2 Å². The van der Waals surface area contributed by atoms with Gasteiger partial charge < -0.3 is 19.7 Å². The molecule has 2 heterocycles. The Bertz CT molecular complexity index is 865. The number of carboxylic acids is 1. The van der Waals surface area contributed by atoms with Gasteiger partial charge in [-0.25, -0.2) is 9.18 Å². The Morgan fingerprint density at radius 1 is 1.41 bits per heavy atom. The van der Waals surface area contributed by atoms with Gasteiger partial charge in [-0.15, -0.1) is 0 Å². The molecule has 0 spiro atoms. The molecule has 7 nitrogen and oxygen atoms in total. The lowest BCUT2D eigenvalue weighted by molar-refractivity contribution is -0.142. The molecule has 3 rings (SSSR count). The Labute approximate surface area is 154 Å². The summed E-state index contributed by atoms with van der Waals surface area (Å²) in [5.41, 5.74) is 0.556. The van der Waals surface area contributed by atoms with Crippen LogP contribution in [0, 0.1) is 18.7 Å². The van der Waals surface area contributed by atoms with E-state index in [0.29, 0.717) is 5.76 Å². The highest BCUT2D eigenvalue weighted by Crippen LogP contribution is 2.23. The maximum absolute atomic E-state index is 13.4. The Morgan fingerprint density at radius 2 is 2.19 bits per heavy atom. The predicted molar refractivity (Wildman–Crippen MR) is 91.9 cm³/mol. The fraction of sp³-hybridized carbons (Fsp3) is 0.316. The van der Waals surface area contributed by atoms with Crippen LogP contribution in [0.2, 0.25) is 0 Å². The lowest BCUT2D eigenvalue weighted by Crippen LogP contribution is -2.38. The molecule has 1 aliphatic heterocycles. The Balaban J connectivity index is 1.68. The molecule has 1 fully saturated rings. The first kappa shape index (κ1) is 18.6. The van der Waals surface area contributed by atoms with Crippen molar-refractivity contribution in [2.75, 3.05) is 6.54 Å². The van der Waals surface area contributed by atoms with Crippen LogP contribution in [0.15, 0.2) is 41.0 Å². The van der Waals surface area contributed by atoms with E-state index >= 15 is 0 Å². The van der Waals surface area contributed by atoms with Crippen molar-refractivity contribution in [1.29, 1.82) is 0 Å². The highest BCUT2D eigenvalue weighted by molar-refractivity contribution is 5.91. The fourth-order valence-electron chi connectivity index (χ4n) is 3.09. The first-order valence-electron chi connectivity index (χ1n) is 8.44. The molecule has 1 saturated heterocycles. The number of furan rings is 1. The van der Waals surface area contributed by atoms with E-state index in [0.717, 1.165) is 6.07 Å². The molecule has 0 saturated carbocycles. The third kappa shape index (κ3) is 4.16. The predicted octanol–water partition coefficient (Wildman–Crippen LogP) is 2.02. The lowest BCUT2D eigenvalue weighted by atomic mass is 10.0. The second kappa shape index (κ2) is 7.61. The number of carbonyl (C=O) groups is 3. The summed E-state index contributed by atoms with van der Waals surface area (Å²) in [7, 11) is 0. The van der Waals surface area contributed by atoms with Gasteiger partial charge in [-0.1, -0.05) is 12.1 Å². The van der Waals surface area contributed by atoms with Gasteiger partial charge in [0.2, 0.25) is 11.8 Å². The molecule has 2 aromatic rings. The molecule has 0 radical (unpaired) electrons. The highest BCUT2D eigenvalue weighted by atomic mass is 19.1. The number of carboxylic acid groups (broad SMARTS) is 1. The van der Waals surface area contributed by atoms with E-state index in [9.17, 15) is 23.9 Å². The largest absolute Gasteiger partial charge is 0.479 e. The van der Waals surface area contributed by atoms with Crippen molar-refractivity contribution in [3.8, 4) is 0 Å². The summed E-state index contributed by atoms with van der Waals surface area (Å²) in [4.78, 5) is 37.8. The summed E-state index contributed by atoms with van der Waals surface area (Å²) in [6.45, 7) is 1.96. The van der Waals surface area contributed by atoms with Crippen LogP contribution in [0.4, 0.5) is 4.39 Å². The molecule has 1 aromatic heterocycles. The molecule has 0 bridgehead atoms. The zero-order chi connectivity index (χ0) is 19.6. The van der Waals surface area contributed by atoms with Crippen LogP contribution in [-0.2, 0) is 20.9 Å². The normalized spacial score (nSPS) is 17.8. The monoisotopic (exact) mass is 374 g/mol. The number of hydrogen-bond acceptors (Lipinski definition) is 4. The van der Waals surface area contributed by atoms with E-state index in [-0.39, 0.29) is 36.5 Å². The number of halogens is 1. The Morgan fingerprint density at radius 3 is 2.81 bits per heavy atom. The average Bonchev–Trinajstić information content (AvgIpc) is 3.25. The van der Waals surface area contributed by atoms with E-state index in [1.165, 1.54) is 30.2 Å². The summed E-state index contributed by atoms with van der Waals surface area (Å²) >= 11 is 0. The van der Waals surface area contributed by atoms with E-state index in [1.54, 1.807) is 12.1 Å². The third-order valence-corrected chi connectivity index (χ3v) is 4.56. The number of carbonyl (C=O) groups excluding carboxylic acids is 2. The molecular formula is C19H19FN2O5. The smallest absolute Gasteiger partial charge is 0.330 e. The zero-order valence-corrected chi connectivity index (χ0v) is 14.6. The number of rotatable bonds is 6. The van der Waals surface area contributed by atoms with Gasteiger partial charge in [0.1, 0.15) is 11.6 Å². The first-order chi connectivity index (χ1) is 12.8. The van der Waals surface area contributed by atoms with Crippen molar-refractivity contribution < 1.29 is 28.3 Å². The fourth-order valence-corrected chi connectivity index (χ4v) is 3.09. The average molecular weight is 374 g/mol. The molecule has 2 unspecified atom stereocenters. The van der Waals surface area contributed by atoms with Gasteiger partial charge in [0.25, 0.3) is 0 Å². The molecular weight excluding hydrogens is 355 g/mol. The van der Waals surface area contributed by atoms with Gasteiger partial charge in [0.05, 0.1) is 18.7 Å². The van der Waals surface area contributed by atoms with E-state index in [1.807, 2.05) is 0 Å². The Hall–Kier alpha value is -3.16. The second-order valence-electron chi connectivity index (χ2n) is 6.54. The van der Waals surface area contributed by atoms with Crippen LogP contribution in [0.3, 0.4) is 0 Å². The standard InChI is InChI=1S/C19H19FN2O5/c1-11-7-12(4-5-15(11)20)17(19(25)26)21-18(24)13-8-16(23)22(9-13)10-14-3-2-6-27-14/h2-7,13,17H,8-10H2,1H3,(H,21,24)(H,25,26). The van der Waals surface area contributed by atoms with E-state index in [2.05, 4.69) is 5.32 Å². The SMILES string of the molecule is Cc1cc(C(NC(=O)C2CC(=O)N(Cc3ccco3)C2)C(=O)O)ccc1F. The number of amides is 2. The Kier molecular flexibility index (Phi) is 5.25. The number of nitrogens with zero attached hydrogens (tertiary/aromatic N) is 1. The molecule has 27 heavy (non-hydrogen) atoms. The van der Waals surface area contributed by atoms with Crippen molar-refractivity contribution in [2.24, 2.45) is 5.92 Å². The van der Waals surface area contributed by atoms with Gasteiger partial charge in [-0.2, -0.15) is 0 Å². The molecule has 1 aromatic carbocycles. The minimum absolute atomic E-state index is 0.00132. The third-order valence-electron chi connectivity index (χ3n) is 4.56. The van der Waals surface area contributed by atoms with Crippen molar-refractivity contribution >= 4 is 17.8 Å². The van der Waals surface area contributed by atoms with Crippen LogP contribution in [0.25, 0.3) is 0 Å². The summed E-state index contributed by atoms with van der Waals surface area (Å²) in [5.74, 6) is -2.49. The van der Waals surface area contributed by atoms with Crippen molar-refractivity contribution in [3.05, 3.63) is 59.3 Å². The minimum Gasteiger partial charge on any atom is -0.479 e. The van der Waals surface area contributed by atoms with Gasteiger partial charge in [-0.05, 0) is 36.2 Å². The quantitative estimate of drug-likeness (QED) is 0.806. The summed E-state index contributed by atoms with van der Waals surface area (Å²) in [6, 6.07) is 6.00. The number of hydrogen-bond donors (Lipinski definition) is 2. The van der Waals surface area contributed by atoms with Gasteiger partial charge in [-0.3, -0.25) is 9.59 Å². The maximum atomic E-state index is 13.4. The van der Waals surface area contributed by atoms with Crippen molar-refractivity contribution in [3.63, 3.8) is 0 Å². The molecule has 1 aliphatic rings. The molecule has 142 valence electrons. The maximum Gasteiger partial charge on any atom is 0.330 e. The van der Waals surface area contributed by atoms with Crippen molar-refractivity contribution in [2.45, 2.75) is 25.9 Å². The first-order valence-corrected chi connectivity index (χ1v) is 8.44. The number of likely N-dealkylation sites (tertiary alicyclic amines) is 1.